The Bertz CT molecular complexity index is 600. The predicted octanol–water partition coefficient (Wildman–Crippen LogP) is 1.70. The van der Waals surface area contributed by atoms with Gasteiger partial charge in [0.2, 0.25) is 0 Å². The van der Waals surface area contributed by atoms with Crippen LogP contribution in [-0.2, 0) is 9.47 Å². The van der Waals surface area contributed by atoms with Gasteiger partial charge in [-0.05, 0) is 31.4 Å². The summed E-state index contributed by atoms with van der Waals surface area (Å²) in [5.74, 6) is 0.157. The molecule has 1 aromatic carbocycles. The molecule has 3 aliphatic rings. The third kappa shape index (κ3) is 2.85. The van der Waals surface area contributed by atoms with Crippen LogP contribution in [0.4, 0.5) is 0 Å². The van der Waals surface area contributed by atoms with Crippen molar-refractivity contribution in [3.8, 4) is 0 Å². The maximum atomic E-state index is 13.2. The summed E-state index contributed by atoms with van der Waals surface area (Å²) in [4.78, 5) is 17.7. The van der Waals surface area contributed by atoms with Crippen molar-refractivity contribution in [3.63, 3.8) is 0 Å². The van der Waals surface area contributed by atoms with Crippen LogP contribution in [0.3, 0.4) is 0 Å². The highest BCUT2D eigenvalue weighted by Gasteiger charge is 2.48. The van der Waals surface area contributed by atoms with Gasteiger partial charge in [0, 0.05) is 31.8 Å². The molecular formula is C19H26N2O3. The zero-order valence-electron chi connectivity index (χ0n) is 14.3. The second kappa shape index (κ2) is 6.82. The number of hydrogen-bond acceptors (Lipinski definition) is 4. The summed E-state index contributed by atoms with van der Waals surface area (Å²) in [6, 6.07) is 8.39. The number of carbonyl (C=O) groups is 1. The average molecular weight is 330 g/mol. The number of likely N-dealkylation sites (tertiary alicyclic amines) is 1. The Morgan fingerprint density at radius 2 is 1.92 bits per heavy atom. The van der Waals surface area contributed by atoms with E-state index in [1.807, 2.05) is 31.2 Å². The van der Waals surface area contributed by atoms with Crippen LogP contribution >= 0.6 is 0 Å². The standard InChI is InChI=1S/C19H26N2O3/c1-14-5-2-3-6-15(14)19(22)21-13-17(20-8-11-23-12-9-20)18-16(21)7-4-10-24-18/h2-3,5-6,16-18H,4,7-13H2,1H3/t16-,17-,18+/m0/s1. The summed E-state index contributed by atoms with van der Waals surface area (Å²) in [5, 5.41) is 0. The fourth-order valence-electron chi connectivity index (χ4n) is 4.36. The third-order valence-corrected chi connectivity index (χ3v) is 5.65. The van der Waals surface area contributed by atoms with Gasteiger partial charge in [-0.25, -0.2) is 0 Å². The van der Waals surface area contributed by atoms with E-state index in [9.17, 15) is 4.79 Å². The molecule has 130 valence electrons. The minimum atomic E-state index is 0.143. The first kappa shape index (κ1) is 16.1. The van der Waals surface area contributed by atoms with E-state index in [-0.39, 0.29) is 18.1 Å². The molecule has 1 aromatic rings. The van der Waals surface area contributed by atoms with Crippen molar-refractivity contribution in [3.05, 3.63) is 35.4 Å². The van der Waals surface area contributed by atoms with E-state index < -0.39 is 0 Å². The fraction of sp³-hybridized carbons (Fsp3) is 0.632. The van der Waals surface area contributed by atoms with Crippen LogP contribution in [-0.4, -0.2) is 73.3 Å². The van der Waals surface area contributed by atoms with Crippen molar-refractivity contribution >= 4 is 5.91 Å². The summed E-state index contributed by atoms with van der Waals surface area (Å²) in [7, 11) is 0. The molecule has 0 radical (unpaired) electrons. The molecule has 3 atom stereocenters. The molecule has 3 aliphatic heterocycles. The second-order valence-electron chi connectivity index (χ2n) is 7.03. The first-order valence-corrected chi connectivity index (χ1v) is 9.06. The van der Waals surface area contributed by atoms with Gasteiger partial charge < -0.3 is 14.4 Å². The second-order valence-corrected chi connectivity index (χ2v) is 7.03. The minimum absolute atomic E-state index is 0.143. The number of rotatable bonds is 2. The fourth-order valence-corrected chi connectivity index (χ4v) is 4.36. The summed E-state index contributed by atoms with van der Waals surface area (Å²) < 4.78 is 11.6. The summed E-state index contributed by atoms with van der Waals surface area (Å²) in [6.07, 6.45) is 2.22. The lowest BCUT2D eigenvalue weighted by molar-refractivity contribution is -0.0579. The lowest BCUT2D eigenvalue weighted by Crippen LogP contribution is -2.51. The normalized spacial score (nSPS) is 31.0. The first-order chi connectivity index (χ1) is 11.8. The largest absolute Gasteiger partial charge is 0.379 e. The number of morpholine rings is 1. The minimum Gasteiger partial charge on any atom is -0.379 e. The van der Waals surface area contributed by atoms with Crippen LogP contribution < -0.4 is 0 Å². The van der Waals surface area contributed by atoms with Crippen molar-refractivity contribution in [1.82, 2.24) is 9.80 Å². The van der Waals surface area contributed by atoms with E-state index in [1.54, 1.807) is 0 Å². The summed E-state index contributed by atoms with van der Waals surface area (Å²) >= 11 is 0. The van der Waals surface area contributed by atoms with Crippen molar-refractivity contribution in [2.24, 2.45) is 0 Å². The Hall–Kier alpha value is -1.43. The van der Waals surface area contributed by atoms with E-state index >= 15 is 0 Å². The monoisotopic (exact) mass is 330 g/mol. The lowest BCUT2D eigenvalue weighted by Gasteiger charge is -2.37. The van der Waals surface area contributed by atoms with Gasteiger partial charge in [0.1, 0.15) is 0 Å². The molecule has 0 unspecified atom stereocenters. The van der Waals surface area contributed by atoms with E-state index in [0.717, 1.165) is 63.4 Å². The van der Waals surface area contributed by atoms with Crippen LogP contribution in [0.15, 0.2) is 24.3 Å². The number of ether oxygens (including phenoxy) is 2. The average Bonchev–Trinajstić information content (AvgIpc) is 3.02. The molecule has 0 bridgehead atoms. The van der Waals surface area contributed by atoms with E-state index in [2.05, 4.69) is 9.80 Å². The summed E-state index contributed by atoms with van der Waals surface area (Å²) in [5.41, 5.74) is 1.87. The Kier molecular flexibility index (Phi) is 4.57. The van der Waals surface area contributed by atoms with Crippen LogP contribution in [0.5, 0.6) is 0 Å². The van der Waals surface area contributed by atoms with Gasteiger partial charge in [-0.2, -0.15) is 0 Å². The number of aryl methyl sites for hydroxylation is 1. The number of fused-ring (bicyclic) bond motifs is 1. The van der Waals surface area contributed by atoms with Crippen molar-refractivity contribution in [1.29, 1.82) is 0 Å². The van der Waals surface area contributed by atoms with Crippen LogP contribution in [0.25, 0.3) is 0 Å². The van der Waals surface area contributed by atoms with Gasteiger partial charge in [-0.1, -0.05) is 18.2 Å². The molecule has 1 amide bonds. The summed E-state index contributed by atoms with van der Waals surface area (Å²) in [6.45, 7) is 7.01. The van der Waals surface area contributed by atoms with Gasteiger partial charge in [-0.3, -0.25) is 9.69 Å². The number of benzene rings is 1. The Balaban J connectivity index is 1.58. The maximum absolute atomic E-state index is 13.2. The lowest BCUT2D eigenvalue weighted by atomic mass is 9.99. The Morgan fingerprint density at radius 3 is 2.71 bits per heavy atom. The molecule has 0 aliphatic carbocycles. The van der Waals surface area contributed by atoms with Gasteiger partial charge in [-0.15, -0.1) is 0 Å². The Labute approximate surface area is 143 Å². The molecular weight excluding hydrogens is 304 g/mol. The zero-order chi connectivity index (χ0) is 16.5. The van der Waals surface area contributed by atoms with Gasteiger partial charge >= 0.3 is 0 Å². The molecule has 24 heavy (non-hydrogen) atoms. The molecule has 3 heterocycles. The smallest absolute Gasteiger partial charge is 0.254 e. The predicted molar refractivity (Wildman–Crippen MR) is 91.2 cm³/mol. The van der Waals surface area contributed by atoms with Gasteiger partial charge in [0.15, 0.2) is 0 Å². The van der Waals surface area contributed by atoms with Crippen molar-refractivity contribution in [2.75, 3.05) is 39.5 Å². The highest BCUT2D eigenvalue weighted by atomic mass is 16.5. The van der Waals surface area contributed by atoms with Crippen LogP contribution in [0.1, 0.15) is 28.8 Å². The topological polar surface area (TPSA) is 42.0 Å². The molecule has 3 saturated heterocycles. The molecule has 0 saturated carbocycles. The quantitative estimate of drug-likeness (QED) is 0.828. The highest BCUT2D eigenvalue weighted by molar-refractivity contribution is 5.96. The molecule has 4 rings (SSSR count). The number of hydrogen-bond donors (Lipinski definition) is 0. The van der Waals surface area contributed by atoms with E-state index in [4.69, 9.17) is 9.47 Å². The van der Waals surface area contributed by atoms with Crippen molar-refractivity contribution < 1.29 is 14.3 Å². The molecule has 0 N–H and O–H groups in total. The maximum Gasteiger partial charge on any atom is 0.254 e. The van der Waals surface area contributed by atoms with E-state index in [1.165, 1.54) is 0 Å². The van der Waals surface area contributed by atoms with Crippen LogP contribution in [0, 0.1) is 6.92 Å². The number of nitrogens with zero attached hydrogens (tertiary/aromatic N) is 2. The molecule has 0 aromatic heterocycles. The SMILES string of the molecule is Cc1ccccc1C(=O)N1C[C@H](N2CCOCC2)[C@@H]2OCCC[C@@H]21. The van der Waals surface area contributed by atoms with Crippen LogP contribution in [0.2, 0.25) is 0 Å². The Morgan fingerprint density at radius 1 is 1.12 bits per heavy atom. The van der Waals surface area contributed by atoms with E-state index in [0.29, 0.717) is 6.04 Å². The van der Waals surface area contributed by atoms with Crippen molar-refractivity contribution in [2.45, 2.75) is 38.0 Å². The number of carbonyl (C=O) groups excluding carboxylic acids is 1. The third-order valence-electron chi connectivity index (χ3n) is 5.65. The molecule has 5 heteroatoms. The molecule has 3 fully saturated rings. The highest BCUT2D eigenvalue weighted by Crippen LogP contribution is 2.33. The number of amides is 1. The molecule has 5 nitrogen and oxygen atoms in total. The van der Waals surface area contributed by atoms with Gasteiger partial charge in [0.25, 0.3) is 5.91 Å². The molecule has 0 spiro atoms. The first-order valence-electron chi connectivity index (χ1n) is 9.06. The zero-order valence-corrected chi connectivity index (χ0v) is 14.3. The van der Waals surface area contributed by atoms with Gasteiger partial charge in [0.05, 0.1) is 31.4 Å².